The molecule has 2 aromatic heterocycles. The molecule has 0 bridgehead atoms. The summed E-state index contributed by atoms with van der Waals surface area (Å²) in [5.41, 5.74) is 3.90. The Balaban J connectivity index is 1.25. The maximum absolute atomic E-state index is 6.46. The minimum Gasteiger partial charge on any atom is -0.357 e. The molecule has 0 amide bonds. The molecular formula is C27H33ClN6. The average molecular weight is 477 g/mol. The van der Waals surface area contributed by atoms with Crippen LogP contribution in [-0.2, 0) is 13.1 Å². The monoisotopic (exact) mass is 476 g/mol. The van der Waals surface area contributed by atoms with Crippen molar-refractivity contribution < 1.29 is 0 Å². The van der Waals surface area contributed by atoms with Crippen molar-refractivity contribution in [2.45, 2.75) is 44.7 Å². The van der Waals surface area contributed by atoms with Crippen molar-refractivity contribution in [3.8, 4) is 5.69 Å². The summed E-state index contributed by atoms with van der Waals surface area (Å²) in [6.45, 7) is 8.54. The summed E-state index contributed by atoms with van der Waals surface area (Å²) in [5.74, 6) is 2.74. The van der Waals surface area contributed by atoms with Gasteiger partial charge < -0.3 is 9.80 Å². The molecule has 0 radical (unpaired) electrons. The van der Waals surface area contributed by atoms with Gasteiger partial charge in [0.1, 0.15) is 11.6 Å². The van der Waals surface area contributed by atoms with E-state index in [1.165, 1.54) is 42.9 Å². The highest BCUT2D eigenvalue weighted by Crippen LogP contribution is 2.35. The molecule has 6 rings (SSSR count). The van der Waals surface area contributed by atoms with Crippen molar-refractivity contribution in [3.05, 3.63) is 70.9 Å². The van der Waals surface area contributed by atoms with E-state index in [9.17, 15) is 0 Å². The third-order valence-electron chi connectivity index (χ3n) is 7.72. The van der Waals surface area contributed by atoms with Crippen LogP contribution in [0.1, 0.15) is 48.7 Å². The molecule has 0 N–H and O–H groups in total. The van der Waals surface area contributed by atoms with Gasteiger partial charge in [0.15, 0.2) is 0 Å². The predicted molar refractivity (Wildman–Crippen MR) is 137 cm³/mol. The Morgan fingerprint density at radius 3 is 2.50 bits per heavy atom. The minimum atomic E-state index is 0.501. The van der Waals surface area contributed by atoms with Gasteiger partial charge in [0.05, 0.1) is 12.2 Å². The Labute approximate surface area is 207 Å². The normalized spacial score (nSPS) is 19.7. The van der Waals surface area contributed by atoms with Crippen LogP contribution in [-0.4, -0.2) is 63.6 Å². The predicted octanol–water partition coefficient (Wildman–Crippen LogP) is 4.72. The average Bonchev–Trinajstić information content (AvgIpc) is 3.51. The molecule has 0 atom stereocenters. The lowest BCUT2D eigenvalue weighted by atomic mass is 9.93. The van der Waals surface area contributed by atoms with Gasteiger partial charge in [0.2, 0.25) is 0 Å². The van der Waals surface area contributed by atoms with Gasteiger partial charge in [0.25, 0.3) is 0 Å². The molecule has 5 heterocycles. The standard InChI is InChI=1S/C27H33ClN6/c28-23-6-7-24-22(17-23)19-32(16-15-31-11-3-4-12-31)20-27-30-18-25(34(24)27)21-8-13-33(14-9-21)26-5-1-2-10-29-26/h1-2,5-7,10,17-18,21H,3-4,8-9,11-16,19-20H2. The first kappa shape index (κ1) is 22.1. The Morgan fingerprint density at radius 2 is 1.71 bits per heavy atom. The van der Waals surface area contributed by atoms with Gasteiger partial charge in [-0.2, -0.15) is 0 Å². The number of pyridine rings is 1. The lowest BCUT2D eigenvalue weighted by Gasteiger charge is -2.33. The molecule has 0 saturated carbocycles. The molecule has 6 nitrogen and oxygen atoms in total. The number of halogens is 1. The summed E-state index contributed by atoms with van der Waals surface area (Å²) < 4.78 is 2.45. The van der Waals surface area contributed by atoms with Crippen LogP contribution in [0, 0.1) is 0 Å². The molecule has 1 aromatic carbocycles. The number of hydrogen-bond donors (Lipinski definition) is 0. The minimum absolute atomic E-state index is 0.501. The quantitative estimate of drug-likeness (QED) is 0.533. The summed E-state index contributed by atoms with van der Waals surface area (Å²) in [5, 5.41) is 0.812. The van der Waals surface area contributed by atoms with Crippen LogP contribution in [0.3, 0.4) is 0 Å². The molecule has 178 valence electrons. The molecule has 2 fully saturated rings. The van der Waals surface area contributed by atoms with Crippen molar-refractivity contribution in [2.24, 2.45) is 0 Å². The molecule has 3 aliphatic heterocycles. The number of benzene rings is 1. The highest BCUT2D eigenvalue weighted by Gasteiger charge is 2.29. The van der Waals surface area contributed by atoms with E-state index in [2.05, 4.69) is 54.7 Å². The molecule has 2 saturated heterocycles. The fraction of sp³-hybridized carbons (Fsp3) is 0.481. The zero-order valence-corrected chi connectivity index (χ0v) is 20.5. The van der Waals surface area contributed by atoms with Gasteiger partial charge in [-0.25, -0.2) is 9.97 Å². The lowest BCUT2D eigenvalue weighted by Crippen LogP contribution is -2.34. The van der Waals surface area contributed by atoms with Gasteiger partial charge in [-0.1, -0.05) is 17.7 Å². The number of rotatable bonds is 5. The molecule has 0 spiro atoms. The van der Waals surface area contributed by atoms with E-state index in [1.54, 1.807) is 0 Å². The second-order valence-corrected chi connectivity index (χ2v) is 10.4. The Bertz CT molecular complexity index is 1120. The molecule has 3 aliphatic rings. The van der Waals surface area contributed by atoms with Crippen LogP contribution in [0.25, 0.3) is 5.69 Å². The number of nitrogens with zero attached hydrogens (tertiary/aromatic N) is 6. The number of anilines is 1. The van der Waals surface area contributed by atoms with E-state index >= 15 is 0 Å². The van der Waals surface area contributed by atoms with Crippen LogP contribution < -0.4 is 4.90 Å². The summed E-state index contributed by atoms with van der Waals surface area (Å²) in [6, 6.07) is 12.5. The molecule has 3 aromatic rings. The van der Waals surface area contributed by atoms with E-state index < -0.39 is 0 Å². The Morgan fingerprint density at radius 1 is 0.882 bits per heavy atom. The van der Waals surface area contributed by atoms with Gasteiger partial charge >= 0.3 is 0 Å². The number of hydrogen-bond acceptors (Lipinski definition) is 5. The molecule has 0 aliphatic carbocycles. The fourth-order valence-corrected chi connectivity index (χ4v) is 6.07. The summed E-state index contributed by atoms with van der Waals surface area (Å²) in [4.78, 5) is 17.1. The lowest BCUT2D eigenvalue weighted by molar-refractivity contribution is 0.210. The topological polar surface area (TPSA) is 40.4 Å². The zero-order valence-electron chi connectivity index (χ0n) is 19.7. The van der Waals surface area contributed by atoms with Crippen LogP contribution in [0.5, 0.6) is 0 Å². The van der Waals surface area contributed by atoms with Crippen molar-refractivity contribution in [1.82, 2.24) is 24.3 Å². The number of fused-ring (bicyclic) bond motifs is 3. The summed E-state index contributed by atoms with van der Waals surface area (Å²) in [6.07, 6.45) is 8.93. The van der Waals surface area contributed by atoms with Crippen molar-refractivity contribution in [3.63, 3.8) is 0 Å². The van der Waals surface area contributed by atoms with Gasteiger partial charge in [-0.05, 0) is 74.7 Å². The van der Waals surface area contributed by atoms with E-state index in [1.807, 2.05) is 18.3 Å². The fourth-order valence-electron chi connectivity index (χ4n) is 5.87. The van der Waals surface area contributed by atoms with E-state index in [0.717, 1.165) is 68.8 Å². The maximum atomic E-state index is 6.46. The van der Waals surface area contributed by atoms with Crippen molar-refractivity contribution in [2.75, 3.05) is 44.2 Å². The van der Waals surface area contributed by atoms with Crippen LogP contribution in [0.4, 0.5) is 5.82 Å². The first-order valence-electron chi connectivity index (χ1n) is 12.7. The Hall–Kier alpha value is -2.41. The van der Waals surface area contributed by atoms with Gasteiger partial charge in [-0.15, -0.1) is 0 Å². The van der Waals surface area contributed by atoms with E-state index in [4.69, 9.17) is 16.6 Å². The van der Waals surface area contributed by atoms with E-state index in [0.29, 0.717) is 5.92 Å². The first-order valence-corrected chi connectivity index (χ1v) is 13.1. The highest BCUT2D eigenvalue weighted by molar-refractivity contribution is 6.30. The molecular weight excluding hydrogens is 444 g/mol. The second-order valence-electron chi connectivity index (χ2n) is 9.92. The molecule has 34 heavy (non-hydrogen) atoms. The highest BCUT2D eigenvalue weighted by atomic mass is 35.5. The third kappa shape index (κ3) is 4.47. The number of piperidine rings is 1. The molecule has 0 unspecified atom stereocenters. The van der Waals surface area contributed by atoms with Crippen molar-refractivity contribution >= 4 is 17.4 Å². The van der Waals surface area contributed by atoms with Gasteiger partial charge in [-0.3, -0.25) is 9.47 Å². The maximum Gasteiger partial charge on any atom is 0.128 e. The Kier molecular flexibility index (Phi) is 6.29. The van der Waals surface area contributed by atoms with E-state index in [-0.39, 0.29) is 0 Å². The summed E-state index contributed by atoms with van der Waals surface area (Å²) in [7, 11) is 0. The smallest absolute Gasteiger partial charge is 0.128 e. The largest absolute Gasteiger partial charge is 0.357 e. The van der Waals surface area contributed by atoms with Crippen molar-refractivity contribution in [1.29, 1.82) is 0 Å². The van der Waals surface area contributed by atoms with Crippen LogP contribution in [0.15, 0.2) is 48.8 Å². The van der Waals surface area contributed by atoms with Crippen LogP contribution in [0.2, 0.25) is 5.02 Å². The number of aromatic nitrogens is 3. The SMILES string of the molecule is Clc1ccc2c(c1)CN(CCN1CCCC1)Cc1ncc(C3CCN(c4ccccn4)CC3)n1-2. The first-order chi connectivity index (χ1) is 16.7. The number of imidazole rings is 1. The third-order valence-corrected chi connectivity index (χ3v) is 7.96. The van der Waals surface area contributed by atoms with Gasteiger partial charge in [0, 0.05) is 61.8 Å². The molecule has 7 heteroatoms. The number of likely N-dealkylation sites (tertiary alicyclic amines) is 1. The summed E-state index contributed by atoms with van der Waals surface area (Å²) >= 11 is 6.46. The second kappa shape index (κ2) is 9.68. The van der Waals surface area contributed by atoms with Crippen LogP contribution >= 0.6 is 11.6 Å². The zero-order chi connectivity index (χ0) is 22.9.